The smallest absolute Gasteiger partial charge is 0.410 e. The molecule has 1 aromatic carbocycles. The monoisotopic (exact) mass is 505 g/mol. The number of hydrogen-bond donors (Lipinski definition) is 1. The summed E-state index contributed by atoms with van der Waals surface area (Å²) in [5.41, 5.74) is 8.50. The SMILES string of the molecule is COc1ccc(C(=O)CNC(=O)[C@H](C)[C@@H](OC)[C@@H]2C[C@H](N=[N+]=[N-])CN2C(=O)OC(C)(C)C)cc1OC. The van der Waals surface area contributed by atoms with Crippen LogP contribution >= 0.6 is 0 Å². The summed E-state index contributed by atoms with van der Waals surface area (Å²) in [5.74, 6) is -0.578. The predicted octanol–water partition coefficient (Wildman–Crippen LogP) is 3.34. The van der Waals surface area contributed by atoms with Crippen molar-refractivity contribution in [3.8, 4) is 11.5 Å². The van der Waals surface area contributed by atoms with E-state index in [2.05, 4.69) is 15.3 Å². The second kappa shape index (κ2) is 12.5. The van der Waals surface area contributed by atoms with Crippen molar-refractivity contribution in [2.45, 2.75) is 57.9 Å². The van der Waals surface area contributed by atoms with Gasteiger partial charge in [0.05, 0.1) is 44.9 Å². The van der Waals surface area contributed by atoms with Gasteiger partial charge in [0, 0.05) is 24.1 Å². The summed E-state index contributed by atoms with van der Waals surface area (Å²) in [6, 6.07) is 3.70. The number of hydrogen-bond acceptors (Lipinski definition) is 8. The van der Waals surface area contributed by atoms with Crippen molar-refractivity contribution >= 4 is 17.8 Å². The third-order valence-corrected chi connectivity index (χ3v) is 5.85. The highest BCUT2D eigenvalue weighted by Gasteiger charge is 2.44. The molecule has 4 atom stereocenters. The molecular weight excluding hydrogens is 470 g/mol. The number of Topliss-reactive ketones (excluding diaryl/α,β-unsaturated/α-hetero) is 1. The minimum absolute atomic E-state index is 0.148. The number of ether oxygens (including phenoxy) is 4. The molecule has 12 heteroatoms. The van der Waals surface area contributed by atoms with Crippen LogP contribution in [0.5, 0.6) is 11.5 Å². The maximum atomic E-state index is 13.0. The summed E-state index contributed by atoms with van der Waals surface area (Å²) in [5, 5.41) is 6.40. The Labute approximate surface area is 210 Å². The van der Waals surface area contributed by atoms with E-state index in [9.17, 15) is 14.4 Å². The number of nitrogens with one attached hydrogen (secondary N) is 1. The first-order valence-corrected chi connectivity index (χ1v) is 11.5. The predicted molar refractivity (Wildman–Crippen MR) is 131 cm³/mol. The second-order valence-corrected chi connectivity index (χ2v) is 9.49. The molecule has 0 unspecified atom stereocenters. The average molecular weight is 506 g/mol. The van der Waals surface area contributed by atoms with Crippen LogP contribution in [0.25, 0.3) is 10.4 Å². The number of methoxy groups -OCH3 is 3. The molecule has 0 bridgehead atoms. The van der Waals surface area contributed by atoms with Gasteiger partial charge in [0.1, 0.15) is 5.60 Å². The van der Waals surface area contributed by atoms with Gasteiger partial charge in [-0.05, 0) is 50.9 Å². The zero-order valence-corrected chi connectivity index (χ0v) is 21.8. The molecule has 1 N–H and O–H groups in total. The normalized spacial score (nSPS) is 19.0. The van der Waals surface area contributed by atoms with Gasteiger partial charge in [0.2, 0.25) is 5.91 Å². The summed E-state index contributed by atoms with van der Waals surface area (Å²) in [4.78, 5) is 42.8. The molecule has 0 spiro atoms. The fourth-order valence-corrected chi connectivity index (χ4v) is 4.13. The fraction of sp³-hybridized carbons (Fsp3) is 0.625. The van der Waals surface area contributed by atoms with Crippen LogP contribution in [0.4, 0.5) is 4.79 Å². The molecule has 0 aliphatic carbocycles. The van der Waals surface area contributed by atoms with Gasteiger partial charge in [-0.1, -0.05) is 12.0 Å². The van der Waals surface area contributed by atoms with Crippen LogP contribution in [0.3, 0.4) is 0 Å². The Bertz CT molecular complexity index is 1000. The molecule has 0 saturated carbocycles. The maximum absolute atomic E-state index is 13.0. The maximum Gasteiger partial charge on any atom is 0.410 e. The number of nitrogens with zero attached hydrogens (tertiary/aromatic N) is 4. The Balaban J connectivity index is 2.12. The van der Waals surface area contributed by atoms with E-state index in [4.69, 9.17) is 24.5 Å². The highest BCUT2D eigenvalue weighted by atomic mass is 16.6. The van der Waals surface area contributed by atoms with Crippen LogP contribution < -0.4 is 14.8 Å². The van der Waals surface area contributed by atoms with Gasteiger partial charge in [-0.3, -0.25) is 9.59 Å². The van der Waals surface area contributed by atoms with Crippen molar-refractivity contribution in [3.63, 3.8) is 0 Å². The van der Waals surface area contributed by atoms with E-state index in [-0.39, 0.29) is 18.9 Å². The largest absolute Gasteiger partial charge is 0.493 e. The fourth-order valence-electron chi connectivity index (χ4n) is 4.13. The van der Waals surface area contributed by atoms with E-state index in [0.717, 1.165) is 0 Å². The summed E-state index contributed by atoms with van der Waals surface area (Å²) >= 11 is 0. The first-order chi connectivity index (χ1) is 16.9. The van der Waals surface area contributed by atoms with Crippen LogP contribution in [0.2, 0.25) is 0 Å². The first-order valence-electron chi connectivity index (χ1n) is 11.5. The van der Waals surface area contributed by atoms with Gasteiger partial charge in [0.25, 0.3) is 0 Å². The Morgan fingerprint density at radius 3 is 2.42 bits per heavy atom. The van der Waals surface area contributed by atoms with Gasteiger partial charge in [-0.25, -0.2) is 4.79 Å². The van der Waals surface area contributed by atoms with Gasteiger partial charge in [-0.2, -0.15) is 0 Å². The molecule has 1 aliphatic heterocycles. The summed E-state index contributed by atoms with van der Waals surface area (Å²) < 4.78 is 21.6. The Morgan fingerprint density at radius 1 is 1.19 bits per heavy atom. The highest BCUT2D eigenvalue weighted by molar-refractivity contribution is 6.00. The van der Waals surface area contributed by atoms with Crippen LogP contribution in [0.1, 0.15) is 44.5 Å². The lowest BCUT2D eigenvalue weighted by atomic mass is 9.94. The van der Waals surface area contributed by atoms with E-state index < -0.39 is 41.7 Å². The van der Waals surface area contributed by atoms with Crippen molar-refractivity contribution in [3.05, 3.63) is 34.2 Å². The summed E-state index contributed by atoms with van der Waals surface area (Å²) in [6.45, 7) is 6.81. The molecule has 2 amide bonds. The molecule has 198 valence electrons. The van der Waals surface area contributed by atoms with Gasteiger partial charge >= 0.3 is 6.09 Å². The molecule has 1 fully saturated rings. The van der Waals surface area contributed by atoms with E-state index >= 15 is 0 Å². The lowest BCUT2D eigenvalue weighted by molar-refractivity contribution is -0.130. The number of rotatable bonds is 10. The van der Waals surface area contributed by atoms with Crippen molar-refractivity contribution in [1.29, 1.82) is 0 Å². The zero-order chi connectivity index (χ0) is 27.0. The van der Waals surface area contributed by atoms with Crippen LogP contribution in [-0.2, 0) is 14.3 Å². The summed E-state index contributed by atoms with van der Waals surface area (Å²) in [6.07, 6.45) is -1.00. The summed E-state index contributed by atoms with van der Waals surface area (Å²) in [7, 11) is 4.41. The number of likely N-dealkylation sites (tertiary alicyclic amines) is 1. The van der Waals surface area contributed by atoms with Crippen molar-refractivity contribution in [1.82, 2.24) is 10.2 Å². The standard InChI is InChI=1S/C24H35N5O7/c1-14(22(31)26-12-18(30)15-8-9-19(33-5)20(10-15)34-6)21(35-7)17-11-16(27-28-25)13-29(17)23(32)36-24(2,3)4/h8-10,14,16-17,21H,11-13H2,1-7H3,(H,26,31)/t14-,16+,17+,21-/m1/s1. The number of amides is 2. The number of benzene rings is 1. The third kappa shape index (κ3) is 7.25. The Morgan fingerprint density at radius 2 is 1.86 bits per heavy atom. The molecule has 12 nitrogen and oxygen atoms in total. The highest BCUT2D eigenvalue weighted by Crippen LogP contribution is 2.30. The van der Waals surface area contributed by atoms with Crippen LogP contribution in [0, 0.1) is 5.92 Å². The Kier molecular flexibility index (Phi) is 9.94. The van der Waals surface area contributed by atoms with Gasteiger partial charge in [0.15, 0.2) is 17.3 Å². The lowest BCUT2D eigenvalue weighted by Crippen LogP contribution is -2.51. The minimum Gasteiger partial charge on any atom is -0.493 e. The van der Waals surface area contributed by atoms with E-state index in [1.54, 1.807) is 45.9 Å². The molecule has 1 aromatic rings. The lowest BCUT2D eigenvalue weighted by Gasteiger charge is -2.34. The number of ketones is 1. The van der Waals surface area contributed by atoms with Gasteiger partial charge < -0.3 is 29.2 Å². The molecule has 0 radical (unpaired) electrons. The topological polar surface area (TPSA) is 152 Å². The average Bonchev–Trinajstić information content (AvgIpc) is 3.25. The molecule has 2 rings (SSSR count). The zero-order valence-electron chi connectivity index (χ0n) is 21.8. The molecule has 1 saturated heterocycles. The number of azide groups is 1. The van der Waals surface area contributed by atoms with E-state index in [1.165, 1.54) is 26.2 Å². The van der Waals surface area contributed by atoms with Crippen molar-refractivity contribution < 1.29 is 33.3 Å². The molecule has 1 heterocycles. The van der Waals surface area contributed by atoms with Crippen LogP contribution in [-0.4, -0.2) is 80.9 Å². The van der Waals surface area contributed by atoms with E-state index in [1.807, 2.05) is 0 Å². The van der Waals surface area contributed by atoms with Crippen LogP contribution in [0.15, 0.2) is 23.3 Å². The van der Waals surface area contributed by atoms with Crippen molar-refractivity contribution in [2.75, 3.05) is 34.4 Å². The second-order valence-electron chi connectivity index (χ2n) is 9.49. The molecule has 36 heavy (non-hydrogen) atoms. The van der Waals surface area contributed by atoms with Gasteiger partial charge in [-0.15, -0.1) is 0 Å². The Hall–Kier alpha value is -3.50. The third-order valence-electron chi connectivity index (χ3n) is 5.85. The quantitative estimate of drug-likeness (QED) is 0.221. The molecule has 0 aromatic heterocycles. The van der Waals surface area contributed by atoms with E-state index in [0.29, 0.717) is 23.5 Å². The number of carbonyl (C=O) groups is 3. The minimum atomic E-state index is -0.729. The first kappa shape index (κ1) is 28.7. The molecule has 1 aliphatic rings. The van der Waals surface area contributed by atoms with Crippen molar-refractivity contribution in [2.24, 2.45) is 11.0 Å². The molecular formula is C24H35N5O7. The number of carbonyl (C=O) groups excluding carboxylic acids is 3.